The second-order valence-corrected chi connectivity index (χ2v) is 4.24. The molecule has 14 heavy (non-hydrogen) atoms. The molecule has 1 atom stereocenters. The SMILES string of the molecule is C=CC1(C)C=CC=C(CN(C)C)C=C1. The minimum absolute atomic E-state index is 0.00453. The van der Waals surface area contributed by atoms with Gasteiger partial charge in [-0.2, -0.15) is 0 Å². The summed E-state index contributed by atoms with van der Waals surface area (Å²) in [6.45, 7) is 6.98. The fourth-order valence-corrected chi connectivity index (χ4v) is 1.38. The van der Waals surface area contributed by atoms with Gasteiger partial charge in [-0.1, -0.05) is 36.5 Å². The normalized spacial score (nSPS) is 26.1. The molecule has 1 unspecified atom stereocenters. The van der Waals surface area contributed by atoms with Crippen LogP contribution >= 0.6 is 0 Å². The van der Waals surface area contributed by atoms with Gasteiger partial charge in [0.25, 0.3) is 0 Å². The van der Waals surface area contributed by atoms with Crippen molar-refractivity contribution >= 4 is 0 Å². The van der Waals surface area contributed by atoms with Crippen molar-refractivity contribution in [2.24, 2.45) is 5.41 Å². The van der Waals surface area contributed by atoms with Crippen molar-refractivity contribution < 1.29 is 0 Å². The largest absolute Gasteiger partial charge is 0.305 e. The molecule has 0 heterocycles. The molecule has 0 saturated carbocycles. The molecule has 0 aromatic rings. The lowest BCUT2D eigenvalue weighted by Gasteiger charge is -2.15. The first kappa shape index (κ1) is 11.0. The zero-order valence-electron chi connectivity index (χ0n) is 9.33. The number of hydrogen-bond acceptors (Lipinski definition) is 1. The summed E-state index contributed by atoms with van der Waals surface area (Å²) in [5, 5.41) is 0. The average Bonchev–Trinajstić information content (AvgIpc) is 2.29. The van der Waals surface area contributed by atoms with Gasteiger partial charge >= 0.3 is 0 Å². The van der Waals surface area contributed by atoms with Crippen LogP contribution in [0.15, 0.2) is 48.6 Å². The Morgan fingerprint density at radius 2 is 2.14 bits per heavy atom. The van der Waals surface area contributed by atoms with E-state index in [0.29, 0.717) is 0 Å². The Morgan fingerprint density at radius 3 is 2.71 bits per heavy atom. The van der Waals surface area contributed by atoms with Crippen LogP contribution in [0.2, 0.25) is 0 Å². The topological polar surface area (TPSA) is 3.24 Å². The number of rotatable bonds is 3. The van der Waals surface area contributed by atoms with Crippen LogP contribution in [0.25, 0.3) is 0 Å². The summed E-state index contributed by atoms with van der Waals surface area (Å²) in [7, 11) is 4.16. The predicted octanol–water partition coefficient (Wildman–Crippen LogP) is 2.79. The molecule has 0 N–H and O–H groups in total. The van der Waals surface area contributed by atoms with E-state index < -0.39 is 0 Å². The third kappa shape index (κ3) is 3.00. The van der Waals surface area contributed by atoms with Crippen molar-refractivity contribution in [2.75, 3.05) is 20.6 Å². The highest BCUT2D eigenvalue weighted by Crippen LogP contribution is 2.24. The summed E-state index contributed by atoms with van der Waals surface area (Å²) < 4.78 is 0. The lowest BCUT2D eigenvalue weighted by molar-refractivity contribution is 0.449. The molecule has 76 valence electrons. The van der Waals surface area contributed by atoms with Gasteiger partial charge in [-0.25, -0.2) is 0 Å². The zero-order chi connectivity index (χ0) is 10.6. The van der Waals surface area contributed by atoms with Crippen molar-refractivity contribution in [1.82, 2.24) is 4.90 Å². The predicted molar refractivity (Wildman–Crippen MR) is 63.2 cm³/mol. The fraction of sp³-hybridized carbons (Fsp3) is 0.385. The van der Waals surface area contributed by atoms with Crippen molar-refractivity contribution in [3.63, 3.8) is 0 Å². The molecule has 0 radical (unpaired) electrons. The molecule has 1 rings (SSSR count). The second kappa shape index (κ2) is 4.43. The van der Waals surface area contributed by atoms with E-state index in [9.17, 15) is 0 Å². The second-order valence-electron chi connectivity index (χ2n) is 4.24. The molecule has 0 amide bonds. The van der Waals surface area contributed by atoms with E-state index in [-0.39, 0.29) is 5.41 Å². The maximum atomic E-state index is 3.85. The third-order valence-electron chi connectivity index (χ3n) is 2.36. The van der Waals surface area contributed by atoms with Gasteiger partial charge in [0.15, 0.2) is 0 Å². The van der Waals surface area contributed by atoms with E-state index in [1.165, 1.54) is 5.57 Å². The van der Waals surface area contributed by atoms with Crippen LogP contribution in [0.1, 0.15) is 6.92 Å². The molecular weight excluding hydrogens is 170 g/mol. The summed E-state index contributed by atoms with van der Waals surface area (Å²) in [4.78, 5) is 2.17. The van der Waals surface area contributed by atoms with E-state index in [2.05, 4.69) is 62.9 Å². The van der Waals surface area contributed by atoms with Crippen molar-refractivity contribution in [3.05, 3.63) is 48.6 Å². The summed E-state index contributed by atoms with van der Waals surface area (Å²) in [5.74, 6) is 0. The molecule has 0 bridgehead atoms. The van der Waals surface area contributed by atoms with Crippen LogP contribution in [-0.2, 0) is 0 Å². The Kier molecular flexibility index (Phi) is 3.48. The van der Waals surface area contributed by atoms with Gasteiger partial charge in [0.05, 0.1) is 0 Å². The van der Waals surface area contributed by atoms with Crippen LogP contribution in [0.5, 0.6) is 0 Å². The smallest absolute Gasteiger partial charge is 0.0227 e. The summed E-state index contributed by atoms with van der Waals surface area (Å²) in [6, 6.07) is 0. The Balaban J connectivity index is 2.78. The summed E-state index contributed by atoms with van der Waals surface area (Å²) in [5.41, 5.74) is 1.33. The van der Waals surface area contributed by atoms with E-state index in [1.807, 2.05) is 6.08 Å². The highest BCUT2D eigenvalue weighted by atomic mass is 15.0. The standard InChI is InChI=1S/C13H19N/c1-5-13(2)9-6-7-12(8-10-13)11-14(3)4/h5-10H,1,11H2,2-4H3. The summed E-state index contributed by atoms with van der Waals surface area (Å²) in [6.07, 6.45) is 12.8. The van der Waals surface area contributed by atoms with E-state index in [1.54, 1.807) is 0 Å². The average molecular weight is 189 g/mol. The molecule has 0 aromatic heterocycles. The van der Waals surface area contributed by atoms with Crippen molar-refractivity contribution in [2.45, 2.75) is 6.92 Å². The Hall–Kier alpha value is -1.08. The highest BCUT2D eigenvalue weighted by Gasteiger charge is 2.12. The number of hydrogen-bond donors (Lipinski definition) is 0. The zero-order valence-corrected chi connectivity index (χ0v) is 9.33. The number of nitrogens with zero attached hydrogens (tertiary/aromatic N) is 1. The lowest BCUT2D eigenvalue weighted by atomic mass is 9.90. The van der Waals surface area contributed by atoms with Crippen LogP contribution < -0.4 is 0 Å². The van der Waals surface area contributed by atoms with Gasteiger partial charge in [0.2, 0.25) is 0 Å². The van der Waals surface area contributed by atoms with Gasteiger partial charge < -0.3 is 4.90 Å². The number of likely N-dealkylation sites (N-methyl/N-ethyl adjacent to an activating group) is 1. The first-order chi connectivity index (χ1) is 6.56. The van der Waals surface area contributed by atoms with Gasteiger partial charge in [-0.15, -0.1) is 6.58 Å². The third-order valence-corrected chi connectivity index (χ3v) is 2.36. The first-order valence-electron chi connectivity index (χ1n) is 4.92. The van der Waals surface area contributed by atoms with Gasteiger partial charge in [-0.3, -0.25) is 0 Å². The molecule has 0 spiro atoms. The molecule has 0 saturated heterocycles. The van der Waals surface area contributed by atoms with Gasteiger partial charge in [-0.05, 0) is 26.6 Å². The van der Waals surface area contributed by atoms with Crippen LogP contribution in [0.3, 0.4) is 0 Å². The Bertz CT molecular complexity index is 294. The lowest BCUT2D eigenvalue weighted by Crippen LogP contribution is -2.14. The molecule has 1 heteroatoms. The molecule has 1 nitrogen and oxygen atoms in total. The van der Waals surface area contributed by atoms with Crippen LogP contribution in [-0.4, -0.2) is 25.5 Å². The number of allylic oxidation sites excluding steroid dienone is 5. The van der Waals surface area contributed by atoms with Gasteiger partial charge in [0.1, 0.15) is 0 Å². The van der Waals surface area contributed by atoms with Crippen molar-refractivity contribution in [1.29, 1.82) is 0 Å². The molecule has 0 aromatic carbocycles. The maximum absolute atomic E-state index is 3.85. The molecular formula is C13H19N. The van der Waals surface area contributed by atoms with E-state index in [0.717, 1.165) is 6.54 Å². The molecule has 0 aliphatic heterocycles. The first-order valence-corrected chi connectivity index (χ1v) is 4.92. The summed E-state index contributed by atoms with van der Waals surface area (Å²) >= 11 is 0. The van der Waals surface area contributed by atoms with E-state index >= 15 is 0 Å². The Labute approximate surface area is 87.1 Å². The van der Waals surface area contributed by atoms with Crippen LogP contribution in [0.4, 0.5) is 0 Å². The Morgan fingerprint density at radius 1 is 1.43 bits per heavy atom. The highest BCUT2D eigenvalue weighted by molar-refractivity contribution is 5.34. The van der Waals surface area contributed by atoms with E-state index in [4.69, 9.17) is 0 Å². The van der Waals surface area contributed by atoms with Crippen LogP contribution in [0, 0.1) is 5.41 Å². The fourth-order valence-electron chi connectivity index (χ4n) is 1.38. The van der Waals surface area contributed by atoms with Crippen molar-refractivity contribution in [3.8, 4) is 0 Å². The molecule has 1 aliphatic rings. The maximum Gasteiger partial charge on any atom is 0.0227 e. The monoisotopic (exact) mass is 189 g/mol. The van der Waals surface area contributed by atoms with Gasteiger partial charge in [0, 0.05) is 12.0 Å². The minimum atomic E-state index is 0.00453. The quantitative estimate of drug-likeness (QED) is 0.617. The minimum Gasteiger partial charge on any atom is -0.305 e. The molecule has 1 aliphatic carbocycles. The molecule has 0 fully saturated rings.